The van der Waals surface area contributed by atoms with Crippen molar-refractivity contribution in [3.05, 3.63) is 12.2 Å². The van der Waals surface area contributed by atoms with E-state index < -0.39 is 13.9 Å². The van der Waals surface area contributed by atoms with Crippen LogP contribution in [0, 0.1) is 0 Å². The van der Waals surface area contributed by atoms with Crippen LogP contribution in [0.2, 0.25) is 0 Å². The van der Waals surface area contributed by atoms with Crippen molar-refractivity contribution in [2.45, 2.75) is 155 Å². The zero-order valence-corrected chi connectivity index (χ0v) is 30.3. The maximum atomic E-state index is 12.5. The van der Waals surface area contributed by atoms with Crippen LogP contribution in [0.15, 0.2) is 12.2 Å². The molecule has 0 aliphatic rings. The van der Waals surface area contributed by atoms with E-state index in [4.69, 9.17) is 18.5 Å². The van der Waals surface area contributed by atoms with Crippen LogP contribution >= 0.6 is 7.82 Å². The molecule has 262 valence electrons. The lowest BCUT2D eigenvalue weighted by Gasteiger charge is -2.28. The first-order valence-corrected chi connectivity index (χ1v) is 19.4. The summed E-state index contributed by atoms with van der Waals surface area (Å²) in [6.45, 7) is 5.34. The molecule has 8 nitrogen and oxygen atoms in total. The van der Waals surface area contributed by atoms with Crippen molar-refractivity contribution in [1.82, 2.24) is 0 Å². The van der Waals surface area contributed by atoms with Crippen molar-refractivity contribution in [2.75, 3.05) is 54.1 Å². The second-order valence-corrected chi connectivity index (χ2v) is 14.6. The maximum absolute atomic E-state index is 12.5. The number of unbranched alkanes of at least 4 members (excludes halogenated alkanes) is 17. The fourth-order valence-electron chi connectivity index (χ4n) is 4.72. The minimum Gasteiger partial charge on any atom is -0.756 e. The number of quaternary nitrogens is 1. The molecule has 0 saturated carbocycles. The van der Waals surface area contributed by atoms with Gasteiger partial charge in [-0.25, -0.2) is 0 Å². The van der Waals surface area contributed by atoms with Crippen LogP contribution in [0.3, 0.4) is 0 Å². The van der Waals surface area contributed by atoms with E-state index in [1.54, 1.807) is 0 Å². The molecule has 0 amide bonds. The van der Waals surface area contributed by atoms with Crippen LogP contribution in [0.25, 0.3) is 0 Å². The number of hydrogen-bond donors (Lipinski definition) is 0. The molecule has 0 aromatic heterocycles. The second kappa shape index (κ2) is 29.6. The lowest BCUT2D eigenvalue weighted by Crippen LogP contribution is -2.37. The summed E-state index contributed by atoms with van der Waals surface area (Å²) in [7, 11) is 1.35. The van der Waals surface area contributed by atoms with Gasteiger partial charge in [-0.2, -0.15) is 0 Å². The van der Waals surface area contributed by atoms with Gasteiger partial charge in [0.15, 0.2) is 0 Å². The Morgan fingerprint density at radius 3 is 1.73 bits per heavy atom. The summed E-state index contributed by atoms with van der Waals surface area (Å²) in [5.41, 5.74) is 0. The van der Waals surface area contributed by atoms with E-state index >= 15 is 0 Å². The number of phosphoric ester groups is 1. The normalized spacial score (nSPS) is 14.2. The number of phosphoric acid groups is 1. The molecule has 0 aliphatic carbocycles. The first kappa shape index (κ1) is 43.2. The van der Waals surface area contributed by atoms with Crippen LogP contribution in [0.1, 0.15) is 149 Å². The third-order valence-corrected chi connectivity index (χ3v) is 8.53. The maximum Gasteiger partial charge on any atom is 0.306 e. The highest BCUT2D eigenvalue weighted by Crippen LogP contribution is 2.38. The van der Waals surface area contributed by atoms with E-state index in [2.05, 4.69) is 26.0 Å². The number of carbonyl (C=O) groups excluding carboxylic acids is 1. The lowest BCUT2D eigenvalue weighted by molar-refractivity contribution is -0.870. The van der Waals surface area contributed by atoms with Crippen molar-refractivity contribution >= 4 is 13.8 Å². The van der Waals surface area contributed by atoms with Gasteiger partial charge in [0.1, 0.15) is 19.3 Å². The van der Waals surface area contributed by atoms with Crippen LogP contribution in [-0.2, 0) is 27.9 Å². The Kier molecular flexibility index (Phi) is 29.1. The Labute approximate surface area is 271 Å². The number of nitrogens with zero attached hydrogens (tertiary/aromatic N) is 1. The molecule has 0 rings (SSSR count). The molecule has 0 saturated heterocycles. The molecule has 0 spiro atoms. The van der Waals surface area contributed by atoms with Crippen molar-refractivity contribution in [2.24, 2.45) is 0 Å². The summed E-state index contributed by atoms with van der Waals surface area (Å²) < 4.78 is 34.2. The number of rotatable bonds is 33. The van der Waals surface area contributed by atoms with Gasteiger partial charge >= 0.3 is 5.97 Å². The summed E-state index contributed by atoms with van der Waals surface area (Å²) in [6.07, 6.45) is 28.0. The van der Waals surface area contributed by atoms with Gasteiger partial charge in [-0.15, -0.1) is 0 Å². The monoisotopic (exact) mass is 647 g/mol. The van der Waals surface area contributed by atoms with Crippen molar-refractivity contribution < 1.29 is 37.3 Å². The Balaban J connectivity index is 4.24. The number of carbonyl (C=O) groups is 1. The summed E-state index contributed by atoms with van der Waals surface area (Å²) in [4.78, 5) is 24.7. The Hall–Kier alpha value is -0.760. The van der Waals surface area contributed by atoms with Gasteiger partial charge in [0.05, 0.1) is 34.4 Å². The van der Waals surface area contributed by atoms with E-state index in [1.807, 2.05) is 21.1 Å². The molecule has 0 heterocycles. The predicted molar refractivity (Wildman–Crippen MR) is 181 cm³/mol. The first-order chi connectivity index (χ1) is 21.1. The predicted octanol–water partition coefficient (Wildman–Crippen LogP) is 8.91. The summed E-state index contributed by atoms with van der Waals surface area (Å²) in [5, 5.41) is 0. The average Bonchev–Trinajstić information content (AvgIpc) is 2.96. The van der Waals surface area contributed by atoms with Crippen LogP contribution in [0.4, 0.5) is 0 Å². The third-order valence-electron chi connectivity index (χ3n) is 7.57. The number of likely N-dealkylation sites (N-methyl/N-ethyl adjacent to an activating group) is 1. The molecule has 0 radical (unpaired) electrons. The Bertz CT molecular complexity index is 726. The van der Waals surface area contributed by atoms with Gasteiger partial charge in [0.25, 0.3) is 7.82 Å². The van der Waals surface area contributed by atoms with Gasteiger partial charge in [0, 0.05) is 13.0 Å². The molecule has 2 atom stereocenters. The molecule has 2 unspecified atom stereocenters. The zero-order valence-electron chi connectivity index (χ0n) is 29.4. The van der Waals surface area contributed by atoms with E-state index in [9.17, 15) is 14.3 Å². The highest BCUT2D eigenvalue weighted by atomic mass is 31.2. The zero-order chi connectivity index (χ0) is 32.8. The molecule has 0 aromatic carbocycles. The average molecular weight is 648 g/mol. The highest BCUT2D eigenvalue weighted by molar-refractivity contribution is 7.45. The molecule has 9 heteroatoms. The second-order valence-electron chi connectivity index (χ2n) is 13.2. The van der Waals surface area contributed by atoms with Crippen LogP contribution < -0.4 is 4.89 Å². The number of esters is 1. The molecule has 0 aliphatic heterocycles. The number of allylic oxidation sites excluding steroid dienone is 2. The quantitative estimate of drug-likeness (QED) is 0.0231. The Morgan fingerprint density at radius 1 is 0.682 bits per heavy atom. The van der Waals surface area contributed by atoms with Gasteiger partial charge in [-0.3, -0.25) is 9.36 Å². The first-order valence-electron chi connectivity index (χ1n) is 17.9. The smallest absolute Gasteiger partial charge is 0.306 e. The Morgan fingerprint density at radius 2 is 1.18 bits per heavy atom. The highest BCUT2D eigenvalue weighted by Gasteiger charge is 2.20. The summed E-state index contributed by atoms with van der Waals surface area (Å²) >= 11 is 0. The minimum atomic E-state index is -4.50. The molecule has 0 aromatic rings. The SMILES string of the molecule is CCCCCCC/C=C\CCCCCCCCOCC(COP(=O)([O-])OCC[N+](C)(C)C)OC(=O)CCCCCCCCC. The molecule has 0 fully saturated rings. The minimum absolute atomic E-state index is 0.0272. The largest absolute Gasteiger partial charge is 0.756 e. The summed E-state index contributed by atoms with van der Waals surface area (Å²) in [5.74, 6) is -0.343. The van der Waals surface area contributed by atoms with Gasteiger partial charge < -0.3 is 27.9 Å². The van der Waals surface area contributed by atoms with Gasteiger partial charge in [-0.1, -0.05) is 116 Å². The molecule has 0 bridgehead atoms. The lowest BCUT2D eigenvalue weighted by atomic mass is 10.1. The topological polar surface area (TPSA) is 94.1 Å². The fraction of sp³-hybridized carbons (Fsp3) is 0.914. The van der Waals surface area contributed by atoms with Crippen molar-refractivity contribution in [3.63, 3.8) is 0 Å². The van der Waals surface area contributed by atoms with Gasteiger partial charge in [0.2, 0.25) is 0 Å². The standard InChI is InChI=1S/C35H70NO7P/c1-6-8-10-12-14-15-16-17-18-19-20-21-23-25-27-30-40-32-34(33-42-44(38,39)41-31-29-36(3,4)5)43-35(37)28-26-24-22-13-11-9-7-2/h16-17,34H,6-15,18-33H2,1-5H3/b17-16-. The number of hydrogen-bond acceptors (Lipinski definition) is 7. The summed E-state index contributed by atoms with van der Waals surface area (Å²) in [6, 6.07) is 0. The van der Waals surface area contributed by atoms with E-state index in [0.717, 1.165) is 32.1 Å². The van der Waals surface area contributed by atoms with E-state index in [-0.39, 0.29) is 25.8 Å². The van der Waals surface area contributed by atoms with Crippen molar-refractivity contribution in [3.8, 4) is 0 Å². The van der Waals surface area contributed by atoms with E-state index in [0.29, 0.717) is 24.1 Å². The van der Waals surface area contributed by atoms with E-state index in [1.165, 1.54) is 96.3 Å². The molecule has 44 heavy (non-hydrogen) atoms. The number of ether oxygens (including phenoxy) is 2. The van der Waals surface area contributed by atoms with Crippen molar-refractivity contribution in [1.29, 1.82) is 0 Å². The molecular formula is C35H70NO7P. The molecular weight excluding hydrogens is 577 g/mol. The van der Waals surface area contributed by atoms with Gasteiger partial charge in [-0.05, 0) is 38.5 Å². The van der Waals surface area contributed by atoms with Crippen LogP contribution in [-0.4, -0.2) is 70.7 Å². The molecule has 0 N–H and O–H groups in total. The van der Waals surface area contributed by atoms with Crippen LogP contribution in [0.5, 0.6) is 0 Å². The third kappa shape index (κ3) is 32.6. The fourth-order valence-corrected chi connectivity index (χ4v) is 5.44.